The van der Waals surface area contributed by atoms with Gasteiger partial charge in [-0.2, -0.15) is 0 Å². The van der Waals surface area contributed by atoms with Crippen molar-refractivity contribution >= 4 is 22.2 Å². The molecule has 5 heteroatoms. The Labute approximate surface area is 98.1 Å². The molecule has 1 heterocycles. The van der Waals surface area contributed by atoms with Gasteiger partial charge >= 0.3 is 0 Å². The maximum atomic E-state index is 5.82. The van der Waals surface area contributed by atoms with Gasteiger partial charge in [-0.3, -0.25) is 0 Å². The molecule has 0 amide bonds. The van der Waals surface area contributed by atoms with Crippen LogP contribution in [0.15, 0.2) is 29.8 Å². The van der Waals surface area contributed by atoms with Gasteiger partial charge in [0.05, 0.1) is 12.8 Å². The lowest BCUT2D eigenvalue weighted by molar-refractivity contribution is 0.417. The summed E-state index contributed by atoms with van der Waals surface area (Å²) in [6, 6.07) is 5.75. The molecule has 1 aromatic carbocycles. The molecule has 3 N–H and O–H groups in total. The van der Waals surface area contributed by atoms with Crippen molar-refractivity contribution in [2.24, 2.45) is 0 Å². The van der Waals surface area contributed by atoms with E-state index >= 15 is 0 Å². The predicted octanol–water partition coefficient (Wildman–Crippen LogP) is 2.35. The quantitative estimate of drug-likeness (QED) is 0.799. The predicted molar refractivity (Wildman–Crippen MR) is 66.8 cm³/mol. The molecule has 0 spiro atoms. The normalized spacial score (nSPS) is 10.1. The Kier molecular flexibility index (Phi) is 3.26. The van der Waals surface area contributed by atoms with E-state index < -0.39 is 0 Å². The second-order valence-corrected chi connectivity index (χ2v) is 4.16. The van der Waals surface area contributed by atoms with Gasteiger partial charge in [0, 0.05) is 18.1 Å². The first-order valence-electron chi connectivity index (χ1n) is 4.85. The Hall–Kier alpha value is -1.75. The zero-order valence-corrected chi connectivity index (χ0v) is 9.75. The van der Waals surface area contributed by atoms with Gasteiger partial charge in [0.1, 0.15) is 5.75 Å². The molecule has 0 saturated carbocycles. The van der Waals surface area contributed by atoms with Crippen LogP contribution in [0.4, 0.5) is 10.8 Å². The van der Waals surface area contributed by atoms with E-state index in [1.807, 2.05) is 23.6 Å². The van der Waals surface area contributed by atoms with E-state index in [9.17, 15) is 0 Å². The molecule has 0 fully saturated rings. The van der Waals surface area contributed by atoms with Crippen LogP contribution in [-0.4, -0.2) is 12.1 Å². The molecule has 4 nitrogen and oxygen atoms in total. The van der Waals surface area contributed by atoms with E-state index in [0.29, 0.717) is 18.0 Å². The molecule has 2 rings (SSSR count). The Morgan fingerprint density at radius 1 is 1.50 bits per heavy atom. The number of methoxy groups -OCH3 is 1. The van der Waals surface area contributed by atoms with E-state index in [2.05, 4.69) is 10.3 Å². The number of aromatic nitrogens is 1. The SMILES string of the molecule is COc1ccc(CNc2nccs2)cc1N. The Morgan fingerprint density at radius 3 is 3.00 bits per heavy atom. The van der Waals surface area contributed by atoms with Crippen molar-refractivity contribution in [1.29, 1.82) is 0 Å². The fourth-order valence-corrected chi connectivity index (χ4v) is 1.91. The summed E-state index contributed by atoms with van der Waals surface area (Å²) in [6.45, 7) is 0.710. The first-order chi connectivity index (χ1) is 7.79. The van der Waals surface area contributed by atoms with Gasteiger partial charge in [-0.25, -0.2) is 4.98 Å². The number of hydrogen-bond acceptors (Lipinski definition) is 5. The van der Waals surface area contributed by atoms with Gasteiger partial charge < -0.3 is 15.8 Å². The molecular weight excluding hydrogens is 222 g/mol. The highest BCUT2D eigenvalue weighted by molar-refractivity contribution is 7.13. The Morgan fingerprint density at radius 2 is 2.38 bits per heavy atom. The van der Waals surface area contributed by atoms with Crippen molar-refractivity contribution in [2.45, 2.75) is 6.54 Å². The number of nitrogen functional groups attached to an aromatic ring is 1. The van der Waals surface area contributed by atoms with E-state index in [1.54, 1.807) is 24.6 Å². The lowest BCUT2D eigenvalue weighted by Crippen LogP contribution is -2.00. The van der Waals surface area contributed by atoms with Crippen LogP contribution in [0.1, 0.15) is 5.56 Å². The number of thiazole rings is 1. The minimum atomic E-state index is 0.654. The number of ether oxygens (including phenoxy) is 1. The van der Waals surface area contributed by atoms with Crippen LogP contribution in [-0.2, 0) is 6.54 Å². The lowest BCUT2D eigenvalue weighted by Gasteiger charge is -2.07. The third kappa shape index (κ3) is 2.43. The highest BCUT2D eigenvalue weighted by atomic mass is 32.1. The molecule has 0 aliphatic rings. The standard InChI is InChI=1S/C11H13N3OS/c1-15-10-3-2-8(6-9(10)12)7-14-11-13-4-5-16-11/h2-6H,7,12H2,1H3,(H,13,14). The average molecular weight is 235 g/mol. The summed E-state index contributed by atoms with van der Waals surface area (Å²) in [5.41, 5.74) is 7.57. The van der Waals surface area contributed by atoms with Gasteiger partial charge in [0.25, 0.3) is 0 Å². The van der Waals surface area contributed by atoms with E-state index in [-0.39, 0.29) is 0 Å². The van der Waals surface area contributed by atoms with Gasteiger partial charge in [-0.05, 0) is 17.7 Å². The zero-order valence-electron chi connectivity index (χ0n) is 8.93. The number of benzene rings is 1. The molecule has 0 radical (unpaired) electrons. The first-order valence-corrected chi connectivity index (χ1v) is 5.73. The molecule has 0 unspecified atom stereocenters. The van der Waals surface area contributed by atoms with Gasteiger partial charge in [0.2, 0.25) is 0 Å². The number of hydrogen-bond donors (Lipinski definition) is 2. The summed E-state index contributed by atoms with van der Waals surface area (Å²) in [6.07, 6.45) is 1.77. The monoisotopic (exact) mass is 235 g/mol. The number of rotatable bonds is 4. The summed E-state index contributed by atoms with van der Waals surface area (Å²) in [5.74, 6) is 0.706. The minimum Gasteiger partial charge on any atom is -0.495 e. The Balaban J connectivity index is 2.02. The molecule has 0 aliphatic carbocycles. The van der Waals surface area contributed by atoms with Crippen molar-refractivity contribution in [1.82, 2.24) is 4.98 Å². The lowest BCUT2D eigenvalue weighted by atomic mass is 10.2. The molecule has 0 atom stereocenters. The molecule has 2 aromatic rings. The molecule has 1 aromatic heterocycles. The third-order valence-electron chi connectivity index (χ3n) is 2.17. The molecule has 84 valence electrons. The number of nitrogens with two attached hydrogens (primary N) is 1. The molecule has 16 heavy (non-hydrogen) atoms. The van der Waals surface area contributed by atoms with Gasteiger partial charge in [0.15, 0.2) is 5.13 Å². The van der Waals surface area contributed by atoms with E-state index in [4.69, 9.17) is 10.5 Å². The second-order valence-electron chi connectivity index (χ2n) is 3.27. The van der Waals surface area contributed by atoms with Crippen molar-refractivity contribution in [3.63, 3.8) is 0 Å². The van der Waals surface area contributed by atoms with Gasteiger partial charge in [-0.1, -0.05) is 6.07 Å². The van der Waals surface area contributed by atoms with Crippen LogP contribution < -0.4 is 15.8 Å². The van der Waals surface area contributed by atoms with Crippen LogP contribution in [0.5, 0.6) is 5.75 Å². The van der Waals surface area contributed by atoms with E-state index in [1.165, 1.54) is 0 Å². The maximum Gasteiger partial charge on any atom is 0.182 e. The van der Waals surface area contributed by atoms with Crippen LogP contribution >= 0.6 is 11.3 Å². The van der Waals surface area contributed by atoms with E-state index in [0.717, 1.165) is 10.7 Å². The summed E-state index contributed by atoms with van der Waals surface area (Å²) >= 11 is 1.58. The fraction of sp³-hybridized carbons (Fsp3) is 0.182. The Bertz CT molecular complexity index is 456. The van der Waals surface area contributed by atoms with Crippen molar-refractivity contribution in [3.05, 3.63) is 35.3 Å². The van der Waals surface area contributed by atoms with Crippen LogP contribution in [0, 0.1) is 0 Å². The van der Waals surface area contributed by atoms with Crippen molar-refractivity contribution < 1.29 is 4.74 Å². The first kappa shape index (κ1) is 10.8. The summed E-state index contributed by atoms with van der Waals surface area (Å²) in [5, 5.41) is 6.06. The number of anilines is 2. The second kappa shape index (κ2) is 4.85. The fourth-order valence-electron chi connectivity index (χ4n) is 1.38. The molecule has 0 bridgehead atoms. The smallest absolute Gasteiger partial charge is 0.182 e. The van der Waals surface area contributed by atoms with Gasteiger partial charge in [-0.15, -0.1) is 11.3 Å². The molecular formula is C11H13N3OS. The van der Waals surface area contributed by atoms with Crippen LogP contribution in [0.3, 0.4) is 0 Å². The highest BCUT2D eigenvalue weighted by Gasteiger charge is 2.01. The van der Waals surface area contributed by atoms with Crippen LogP contribution in [0.25, 0.3) is 0 Å². The minimum absolute atomic E-state index is 0.654. The summed E-state index contributed by atoms with van der Waals surface area (Å²) < 4.78 is 5.09. The van der Waals surface area contributed by atoms with Crippen molar-refractivity contribution in [2.75, 3.05) is 18.2 Å². The number of nitrogens with one attached hydrogen (secondary N) is 1. The number of nitrogens with zero attached hydrogens (tertiary/aromatic N) is 1. The largest absolute Gasteiger partial charge is 0.495 e. The maximum absolute atomic E-state index is 5.82. The zero-order chi connectivity index (χ0) is 11.4. The third-order valence-corrected chi connectivity index (χ3v) is 2.90. The highest BCUT2D eigenvalue weighted by Crippen LogP contribution is 2.22. The van der Waals surface area contributed by atoms with Crippen LogP contribution in [0.2, 0.25) is 0 Å². The molecule has 0 aliphatic heterocycles. The molecule has 0 saturated heterocycles. The average Bonchev–Trinajstić information content (AvgIpc) is 2.79. The topological polar surface area (TPSA) is 60.2 Å². The summed E-state index contributed by atoms with van der Waals surface area (Å²) in [7, 11) is 1.61. The van der Waals surface area contributed by atoms with Crippen molar-refractivity contribution in [3.8, 4) is 5.75 Å². The summed E-state index contributed by atoms with van der Waals surface area (Å²) in [4.78, 5) is 4.14.